The van der Waals surface area contributed by atoms with Crippen LogP contribution in [0, 0.1) is 0 Å². The third kappa shape index (κ3) is 2.46. The second-order valence-electron chi connectivity index (χ2n) is 4.54. The van der Waals surface area contributed by atoms with Gasteiger partial charge >= 0.3 is 0 Å². The molecule has 2 aromatic rings. The van der Waals surface area contributed by atoms with Gasteiger partial charge in [0.2, 0.25) is 0 Å². The maximum absolute atomic E-state index is 6.37. The van der Waals surface area contributed by atoms with Gasteiger partial charge in [-0.25, -0.2) is 0 Å². The van der Waals surface area contributed by atoms with Gasteiger partial charge < -0.3 is 10.5 Å². The first kappa shape index (κ1) is 12.0. The van der Waals surface area contributed by atoms with Crippen molar-refractivity contribution < 1.29 is 4.74 Å². The number of rotatable bonds is 4. The Bertz CT molecular complexity index is 503. The fourth-order valence-corrected chi connectivity index (χ4v) is 2.01. The lowest BCUT2D eigenvalue weighted by molar-refractivity contribution is 0.172. The number of nitrogens with zero attached hydrogens (tertiary/aromatic N) is 1. The van der Waals surface area contributed by atoms with Crippen LogP contribution in [0.25, 0.3) is 10.9 Å². The Labute approximate surface area is 102 Å². The predicted molar refractivity (Wildman–Crippen MR) is 69.8 cm³/mol. The Morgan fingerprint density at radius 1 is 1.29 bits per heavy atom. The lowest BCUT2D eigenvalue weighted by Gasteiger charge is -2.25. The van der Waals surface area contributed by atoms with Crippen LogP contribution in [0.2, 0.25) is 0 Å². The Morgan fingerprint density at radius 2 is 2.06 bits per heavy atom. The van der Waals surface area contributed by atoms with Gasteiger partial charge in [-0.15, -0.1) is 0 Å². The van der Waals surface area contributed by atoms with E-state index in [1.165, 1.54) is 0 Å². The molecule has 0 fully saturated rings. The zero-order chi connectivity index (χ0) is 12.3. The second kappa shape index (κ2) is 4.82. The summed E-state index contributed by atoms with van der Waals surface area (Å²) in [6.45, 7) is 2.67. The first-order chi connectivity index (χ1) is 8.15. The second-order valence-corrected chi connectivity index (χ2v) is 4.54. The number of para-hydroxylation sites is 1. The van der Waals surface area contributed by atoms with E-state index in [1.807, 2.05) is 25.1 Å². The molecular weight excluding hydrogens is 212 g/mol. The number of nitrogens with two attached hydrogens (primary N) is 1. The third-order valence-corrected chi connectivity index (χ3v) is 3.07. The quantitative estimate of drug-likeness (QED) is 0.877. The molecule has 0 saturated carbocycles. The SMILES string of the molecule is COCCC(C)(N)c1cccc2cccnc12. The van der Waals surface area contributed by atoms with E-state index < -0.39 is 5.54 Å². The van der Waals surface area contributed by atoms with Crippen molar-refractivity contribution in [1.29, 1.82) is 0 Å². The summed E-state index contributed by atoms with van der Waals surface area (Å²) in [5.74, 6) is 0. The van der Waals surface area contributed by atoms with Crippen LogP contribution in [0.3, 0.4) is 0 Å². The highest BCUT2D eigenvalue weighted by Gasteiger charge is 2.23. The van der Waals surface area contributed by atoms with E-state index in [0.29, 0.717) is 6.61 Å². The predicted octanol–water partition coefficient (Wildman–Crippen LogP) is 2.45. The lowest BCUT2D eigenvalue weighted by atomic mass is 9.88. The van der Waals surface area contributed by atoms with E-state index in [2.05, 4.69) is 17.1 Å². The van der Waals surface area contributed by atoms with Crippen molar-refractivity contribution in [2.24, 2.45) is 5.73 Å². The minimum absolute atomic E-state index is 0.413. The van der Waals surface area contributed by atoms with Crippen LogP contribution in [0.1, 0.15) is 18.9 Å². The summed E-state index contributed by atoms with van der Waals surface area (Å²) < 4.78 is 5.11. The fourth-order valence-electron chi connectivity index (χ4n) is 2.01. The van der Waals surface area contributed by atoms with Gasteiger partial charge in [-0.3, -0.25) is 4.98 Å². The van der Waals surface area contributed by atoms with Crippen molar-refractivity contribution in [2.45, 2.75) is 18.9 Å². The van der Waals surface area contributed by atoms with Gasteiger partial charge in [-0.1, -0.05) is 24.3 Å². The van der Waals surface area contributed by atoms with Gasteiger partial charge in [-0.2, -0.15) is 0 Å². The molecule has 3 nitrogen and oxygen atoms in total. The molecule has 0 bridgehead atoms. The molecule has 90 valence electrons. The lowest BCUT2D eigenvalue weighted by Crippen LogP contribution is -2.34. The highest BCUT2D eigenvalue weighted by molar-refractivity contribution is 5.82. The molecule has 0 aliphatic rings. The van der Waals surface area contributed by atoms with Crippen LogP contribution < -0.4 is 5.73 Å². The van der Waals surface area contributed by atoms with Crippen LogP contribution in [0.5, 0.6) is 0 Å². The van der Waals surface area contributed by atoms with Gasteiger partial charge in [0, 0.05) is 30.8 Å². The van der Waals surface area contributed by atoms with Crippen LogP contribution in [0.15, 0.2) is 36.5 Å². The summed E-state index contributed by atoms with van der Waals surface area (Å²) in [7, 11) is 1.69. The van der Waals surface area contributed by atoms with Crippen LogP contribution >= 0.6 is 0 Å². The van der Waals surface area contributed by atoms with Gasteiger partial charge in [0.15, 0.2) is 0 Å². The van der Waals surface area contributed by atoms with E-state index in [-0.39, 0.29) is 0 Å². The molecule has 2 rings (SSSR count). The zero-order valence-electron chi connectivity index (χ0n) is 10.3. The summed E-state index contributed by atoms with van der Waals surface area (Å²) in [5.41, 5.74) is 8.02. The molecule has 0 aliphatic carbocycles. The molecule has 1 heterocycles. The summed E-state index contributed by atoms with van der Waals surface area (Å²) in [6, 6.07) is 10.1. The average molecular weight is 230 g/mol. The monoisotopic (exact) mass is 230 g/mol. The molecule has 1 unspecified atom stereocenters. The number of benzene rings is 1. The summed E-state index contributed by atoms with van der Waals surface area (Å²) >= 11 is 0. The molecule has 1 aromatic carbocycles. The van der Waals surface area contributed by atoms with Crippen molar-refractivity contribution in [3.8, 4) is 0 Å². The maximum atomic E-state index is 6.37. The minimum Gasteiger partial charge on any atom is -0.385 e. The van der Waals surface area contributed by atoms with E-state index >= 15 is 0 Å². The summed E-state index contributed by atoms with van der Waals surface area (Å²) in [5, 5.41) is 1.12. The number of fused-ring (bicyclic) bond motifs is 1. The number of hydrogen-bond acceptors (Lipinski definition) is 3. The molecule has 0 amide bonds. The van der Waals surface area contributed by atoms with Gasteiger partial charge in [-0.05, 0) is 25.0 Å². The minimum atomic E-state index is -0.413. The molecule has 0 aliphatic heterocycles. The number of ether oxygens (including phenoxy) is 1. The normalized spacial score (nSPS) is 14.8. The molecule has 17 heavy (non-hydrogen) atoms. The Kier molecular flexibility index (Phi) is 3.41. The zero-order valence-corrected chi connectivity index (χ0v) is 10.3. The Balaban J connectivity index is 2.47. The number of hydrogen-bond donors (Lipinski definition) is 1. The first-order valence-corrected chi connectivity index (χ1v) is 5.77. The maximum Gasteiger partial charge on any atom is 0.0752 e. The summed E-state index contributed by atoms with van der Waals surface area (Å²) in [4.78, 5) is 4.43. The topological polar surface area (TPSA) is 48.1 Å². The van der Waals surface area contributed by atoms with Crippen molar-refractivity contribution >= 4 is 10.9 Å². The van der Waals surface area contributed by atoms with E-state index in [0.717, 1.165) is 22.9 Å². The van der Waals surface area contributed by atoms with Crippen molar-refractivity contribution in [3.63, 3.8) is 0 Å². The van der Waals surface area contributed by atoms with Crippen molar-refractivity contribution in [2.75, 3.05) is 13.7 Å². The molecule has 3 heteroatoms. The third-order valence-electron chi connectivity index (χ3n) is 3.07. The molecule has 0 saturated heterocycles. The molecule has 1 aromatic heterocycles. The first-order valence-electron chi connectivity index (χ1n) is 5.77. The number of aromatic nitrogens is 1. The summed E-state index contributed by atoms with van der Waals surface area (Å²) in [6.07, 6.45) is 2.58. The Hall–Kier alpha value is -1.45. The van der Waals surface area contributed by atoms with Crippen molar-refractivity contribution in [3.05, 3.63) is 42.1 Å². The molecule has 0 radical (unpaired) electrons. The molecule has 1 atom stereocenters. The number of methoxy groups -OCH3 is 1. The Morgan fingerprint density at radius 3 is 2.82 bits per heavy atom. The number of pyridine rings is 1. The largest absolute Gasteiger partial charge is 0.385 e. The van der Waals surface area contributed by atoms with Gasteiger partial charge in [0.1, 0.15) is 0 Å². The highest BCUT2D eigenvalue weighted by Crippen LogP contribution is 2.27. The average Bonchev–Trinajstić information content (AvgIpc) is 2.36. The van der Waals surface area contributed by atoms with Gasteiger partial charge in [0.05, 0.1) is 5.52 Å². The van der Waals surface area contributed by atoms with E-state index in [9.17, 15) is 0 Å². The van der Waals surface area contributed by atoms with Crippen LogP contribution in [-0.4, -0.2) is 18.7 Å². The van der Waals surface area contributed by atoms with E-state index in [4.69, 9.17) is 10.5 Å². The highest BCUT2D eigenvalue weighted by atomic mass is 16.5. The fraction of sp³-hybridized carbons (Fsp3) is 0.357. The van der Waals surface area contributed by atoms with Crippen LogP contribution in [0.4, 0.5) is 0 Å². The standard InChI is InChI=1S/C14H18N2O/c1-14(15,8-10-17-2)12-7-3-5-11-6-4-9-16-13(11)12/h3-7,9H,8,10,15H2,1-2H3. The van der Waals surface area contributed by atoms with E-state index in [1.54, 1.807) is 13.3 Å². The smallest absolute Gasteiger partial charge is 0.0752 e. The van der Waals surface area contributed by atoms with Crippen molar-refractivity contribution in [1.82, 2.24) is 4.98 Å². The van der Waals surface area contributed by atoms with Gasteiger partial charge in [0.25, 0.3) is 0 Å². The molecule has 2 N–H and O–H groups in total. The molecule has 0 spiro atoms. The van der Waals surface area contributed by atoms with Crippen LogP contribution in [-0.2, 0) is 10.3 Å². The molecular formula is C14H18N2O.